The van der Waals surface area contributed by atoms with Crippen LogP contribution in [-0.2, 0) is 0 Å². The zero-order chi connectivity index (χ0) is 17.3. The second kappa shape index (κ2) is 6.55. The van der Waals surface area contributed by atoms with Crippen molar-refractivity contribution in [2.75, 3.05) is 12.4 Å². The third-order valence-corrected chi connectivity index (χ3v) is 4.03. The molecule has 122 valence electrons. The van der Waals surface area contributed by atoms with Crippen LogP contribution in [0, 0.1) is 0 Å². The Morgan fingerprint density at radius 2 is 1.25 bits per heavy atom. The van der Waals surface area contributed by atoms with E-state index in [0.717, 1.165) is 4.57 Å². The summed E-state index contributed by atoms with van der Waals surface area (Å²) in [6.45, 7) is 0. The normalized spacial score (nSPS) is 10.6. The molecule has 0 fully saturated rings. The van der Waals surface area contributed by atoms with Crippen LogP contribution in [0.15, 0.2) is 64.2 Å². The summed E-state index contributed by atoms with van der Waals surface area (Å²) in [5, 5.41) is 3.96. The lowest BCUT2D eigenvalue weighted by Crippen LogP contribution is -2.38. The van der Waals surface area contributed by atoms with E-state index in [0.29, 0.717) is 27.2 Å². The maximum absolute atomic E-state index is 13.0. The van der Waals surface area contributed by atoms with Gasteiger partial charge in [-0.1, -0.05) is 23.2 Å². The number of anilines is 1. The van der Waals surface area contributed by atoms with Crippen LogP contribution in [0.5, 0.6) is 0 Å². The van der Waals surface area contributed by atoms with E-state index in [4.69, 9.17) is 23.2 Å². The van der Waals surface area contributed by atoms with E-state index in [2.05, 4.69) is 5.32 Å². The second-order valence-corrected chi connectivity index (χ2v) is 5.90. The third-order valence-electron chi connectivity index (χ3n) is 3.53. The molecule has 0 aliphatic rings. The first kappa shape index (κ1) is 16.4. The Morgan fingerprint density at radius 1 is 0.792 bits per heavy atom. The number of nitrogens with one attached hydrogen (secondary N) is 1. The molecule has 0 amide bonds. The highest BCUT2D eigenvalue weighted by Gasteiger charge is 2.13. The first-order chi connectivity index (χ1) is 11.5. The van der Waals surface area contributed by atoms with Crippen molar-refractivity contribution in [1.82, 2.24) is 9.13 Å². The fourth-order valence-corrected chi connectivity index (χ4v) is 2.65. The Morgan fingerprint density at radius 3 is 1.71 bits per heavy atom. The van der Waals surface area contributed by atoms with Gasteiger partial charge in [0.15, 0.2) is 0 Å². The number of halogens is 2. The standard InChI is InChI=1S/C17H13Cl2N3O2/c1-20-15-10-16(23)22(14-8-4-12(19)5-9-14)17(24)21(15)13-6-2-11(18)3-7-13/h2-10,20H,1H3. The molecule has 0 aliphatic carbocycles. The molecule has 1 aromatic heterocycles. The summed E-state index contributed by atoms with van der Waals surface area (Å²) in [6, 6.07) is 14.6. The van der Waals surface area contributed by atoms with E-state index in [1.807, 2.05) is 0 Å². The maximum atomic E-state index is 13.0. The second-order valence-electron chi connectivity index (χ2n) is 5.02. The summed E-state index contributed by atoms with van der Waals surface area (Å²) in [5.74, 6) is 0.387. The average Bonchev–Trinajstić information content (AvgIpc) is 2.57. The summed E-state index contributed by atoms with van der Waals surface area (Å²) in [5.41, 5.74) is 0.115. The molecule has 0 unspecified atom stereocenters. The number of hydrogen-bond acceptors (Lipinski definition) is 3. The molecule has 3 aromatic rings. The molecule has 2 aromatic carbocycles. The molecule has 24 heavy (non-hydrogen) atoms. The minimum atomic E-state index is -0.489. The Hall–Kier alpha value is -2.50. The largest absolute Gasteiger partial charge is 0.374 e. The van der Waals surface area contributed by atoms with Gasteiger partial charge in [0.1, 0.15) is 5.82 Å². The van der Waals surface area contributed by atoms with Crippen molar-refractivity contribution in [1.29, 1.82) is 0 Å². The van der Waals surface area contributed by atoms with E-state index in [1.54, 1.807) is 55.6 Å². The van der Waals surface area contributed by atoms with Gasteiger partial charge in [0, 0.05) is 23.2 Å². The molecule has 1 heterocycles. The Bertz CT molecular complexity index is 990. The molecular weight excluding hydrogens is 349 g/mol. The van der Waals surface area contributed by atoms with Crippen molar-refractivity contribution in [2.45, 2.75) is 0 Å². The number of benzene rings is 2. The number of hydrogen-bond donors (Lipinski definition) is 1. The van der Waals surface area contributed by atoms with Gasteiger partial charge in [-0.15, -0.1) is 0 Å². The van der Waals surface area contributed by atoms with E-state index in [-0.39, 0.29) is 0 Å². The molecule has 3 rings (SSSR count). The van der Waals surface area contributed by atoms with Crippen LogP contribution in [0.25, 0.3) is 11.4 Å². The molecule has 0 saturated heterocycles. The van der Waals surface area contributed by atoms with Gasteiger partial charge >= 0.3 is 5.69 Å². The zero-order valence-electron chi connectivity index (χ0n) is 12.7. The molecular formula is C17H13Cl2N3O2. The van der Waals surface area contributed by atoms with Crippen LogP contribution in [0.3, 0.4) is 0 Å². The highest BCUT2D eigenvalue weighted by Crippen LogP contribution is 2.16. The van der Waals surface area contributed by atoms with Gasteiger partial charge in [-0.3, -0.25) is 4.79 Å². The first-order valence-electron chi connectivity index (χ1n) is 7.10. The Balaban J connectivity index is 2.31. The SMILES string of the molecule is CNc1cc(=O)n(-c2ccc(Cl)cc2)c(=O)n1-c1ccc(Cl)cc1. The van der Waals surface area contributed by atoms with E-state index >= 15 is 0 Å². The molecule has 0 atom stereocenters. The summed E-state index contributed by atoms with van der Waals surface area (Å²) >= 11 is 11.8. The fraction of sp³-hybridized carbons (Fsp3) is 0.0588. The van der Waals surface area contributed by atoms with E-state index in [9.17, 15) is 9.59 Å². The van der Waals surface area contributed by atoms with E-state index in [1.165, 1.54) is 10.6 Å². The lowest BCUT2D eigenvalue weighted by molar-refractivity contribution is 0.807. The molecule has 0 radical (unpaired) electrons. The van der Waals surface area contributed by atoms with Gasteiger partial charge in [-0.25, -0.2) is 13.9 Å². The van der Waals surface area contributed by atoms with Crippen LogP contribution >= 0.6 is 23.2 Å². The maximum Gasteiger partial charge on any atom is 0.341 e. The Labute approximate surface area is 147 Å². The van der Waals surface area contributed by atoms with Crippen molar-refractivity contribution in [3.05, 3.63) is 85.5 Å². The minimum absolute atomic E-state index is 0.387. The van der Waals surface area contributed by atoms with Crippen molar-refractivity contribution in [2.24, 2.45) is 0 Å². The van der Waals surface area contributed by atoms with Crippen molar-refractivity contribution in [3.8, 4) is 11.4 Å². The van der Waals surface area contributed by atoms with Gasteiger partial charge < -0.3 is 5.32 Å². The quantitative estimate of drug-likeness (QED) is 0.778. The van der Waals surface area contributed by atoms with Gasteiger partial charge in [-0.2, -0.15) is 0 Å². The number of nitrogens with zero attached hydrogens (tertiary/aromatic N) is 2. The number of aromatic nitrogens is 2. The van der Waals surface area contributed by atoms with Crippen molar-refractivity contribution < 1.29 is 0 Å². The highest BCUT2D eigenvalue weighted by molar-refractivity contribution is 6.30. The summed E-state index contributed by atoms with van der Waals surface area (Å²) in [6.07, 6.45) is 0. The topological polar surface area (TPSA) is 56.0 Å². The molecule has 7 heteroatoms. The third kappa shape index (κ3) is 2.96. The Kier molecular flexibility index (Phi) is 4.46. The number of rotatable bonds is 3. The van der Waals surface area contributed by atoms with Gasteiger partial charge in [0.05, 0.1) is 11.4 Å². The van der Waals surface area contributed by atoms with Gasteiger partial charge in [0.25, 0.3) is 5.56 Å². The van der Waals surface area contributed by atoms with Crippen molar-refractivity contribution >= 4 is 29.0 Å². The molecule has 1 N–H and O–H groups in total. The summed E-state index contributed by atoms with van der Waals surface area (Å²) in [7, 11) is 1.65. The van der Waals surface area contributed by atoms with Crippen LogP contribution in [0.4, 0.5) is 5.82 Å². The van der Waals surface area contributed by atoms with Crippen LogP contribution < -0.4 is 16.6 Å². The van der Waals surface area contributed by atoms with Gasteiger partial charge in [-0.05, 0) is 48.5 Å². The van der Waals surface area contributed by atoms with Crippen LogP contribution in [-0.4, -0.2) is 16.2 Å². The first-order valence-corrected chi connectivity index (χ1v) is 7.85. The highest BCUT2D eigenvalue weighted by atomic mass is 35.5. The monoisotopic (exact) mass is 361 g/mol. The van der Waals surface area contributed by atoms with E-state index < -0.39 is 11.2 Å². The summed E-state index contributed by atoms with van der Waals surface area (Å²) in [4.78, 5) is 25.4. The summed E-state index contributed by atoms with van der Waals surface area (Å²) < 4.78 is 2.50. The predicted octanol–water partition coefficient (Wildman–Crippen LogP) is 3.34. The van der Waals surface area contributed by atoms with Crippen molar-refractivity contribution in [3.63, 3.8) is 0 Å². The molecule has 0 saturated carbocycles. The smallest absolute Gasteiger partial charge is 0.341 e. The average molecular weight is 362 g/mol. The zero-order valence-corrected chi connectivity index (χ0v) is 14.2. The predicted molar refractivity (Wildman–Crippen MR) is 97.2 cm³/mol. The van der Waals surface area contributed by atoms with Crippen LogP contribution in [0.1, 0.15) is 0 Å². The lowest BCUT2D eigenvalue weighted by atomic mass is 10.3. The lowest BCUT2D eigenvalue weighted by Gasteiger charge is -2.15. The molecule has 0 spiro atoms. The van der Waals surface area contributed by atoms with Crippen LogP contribution in [0.2, 0.25) is 10.0 Å². The fourth-order valence-electron chi connectivity index (χ4n) is 2.39. The molecule has 0 bridgehead atoms. The molecule has 0 aliphatic heterocycles. The minimum Gasteiger partial charge on any atom is -0.374 e. The van der Waals surface area contributed by atoms with Gasteiger partial charge in [0.2, 0.25) is 0 Å². The molecule has 5 nitrogen and oxygen atoms in total.